The van der Waals surface area contributed by atoms with Crippen LogP contribution >= 0.6 is 11.3 Å². The van der Waals surface area contributed by atoms with Crippen LogP contribution < -0.4 is 0 Å². The first-order valence-electron chi connectivity index (χ1n) is 2.75. The number of hydrogen-bond acceptors (Lipinski definition) is 3. The molecule has 1 aromatic rings. The molecule has 0 unspecified atom stereocenters. The van der Waals surface area contributed by atoms with Gasteiger partial charge in [-0.05, 0) is 13.0 Å². The zero-order valence-corrected chi connectivity index (χ0v) is 7.42. The van der Waals surface area contributed by atoms with Crippen LogP contribution in [0.4, 0.5) is 0 Å². The Balaban J connectivity index is 3.21. The van der Waals surface area contributed by atoms with Gasteiger partial charge in [-0.1, -0.05) is 0 Å². The van der Waals surface area contributed by atoms with Crippen molar-refractivity contribution in [2.24, 2.45) is 0 Å². The zero-order valence-electron chi connectivity index (χ0n) is 5.79. The standard InChI is InChI=1S/C6H8O2S2/c1-5-3-6(4-9-5)10(2,7)8/h3-4H,1-2H3. The van der Waals surface area contributed by atoms with E-state index < -0.39 is 9.84 Å². The van der Waals surface area contributed by atoms with Gasteiger partial charge < -0.3 is 0 Å². The van der Waals surface area contributed by atoms with Crippen molar-refractivity contribution in [1.82, 2.24) is 0 Å². The third-order valence-corrected chi connectivity index (χ3v) is 3.24. The Morgan fingerprint density at radius 2 is 2.10 bits per heavy atom. The van der Waals surface area contributed by atoms with Gasteiger partial charge in [-0.15, -0.1) is 11.3 Å². The van der Waals surface area contributed by atoms with Crippen molar-refractivity contribution < 1.29 is 8.42 Å². The number of sulfone groups is 1. The normalized spacial score (nSPS) is 11.8. The second-order valence-electron chi connectivity index (χ2n) is 2.17. The average molecular weight is 176 g/mol. The SMILES string of the molecule is Cc1cc(S(C)(=O)=O)cs1. The summed E-state index contributed by atoms with van der Waals surface area (Å²) >= 11 is 1.45. The Labute approximate surface area is 64.4 Å². The lowest BCUT2D eigenvalue weighted by atomic mass is 10.5. The first-order chi connectivity index (χ1) is 4.50. The minimum Gasteiger partial charge on any atom is -0.224 e. The molecule has 0 aliphatic rings. The first kappa shape index (κ1) is 7.75. The third kappa shape index (κ3) is 1.58. The van der Waals surface area contributed by atoms with Crippen LogP contribution in [0.3, 0.4) is 0 Å². The molecule has 4 heteroatoms. The third-order valence-electron chi connectivity index (χ3n) is 1.13. The van der Waals surface area contributed by atoms with Crippen molar-refractivity contribution in [3.05, 3.63) is 16.3 Å². The Bertz CT molecular complexity index is 321. The summed E-state index contributed by atoms with van der Waals surface area (Å²) in [7, 11) is -2.97. The Hall–Kier alpha value is -0.350. The molecule has 0 N–H and O–H groups in total. The van der Waals surface area contributed by atoms with E-state index in [1.165, 1.54) is 17.6 Å². The van der Waals surface area contributed by atoms with Gasteiger partial charge in [0.2, 0.25) is 0 Å². The molecule has 0 bridgehead atoms. The molecule has 0 aromatic carbocycles. The molecule has 0 amide bonds. The summed E-state index contributed by atoms with van der Waals surface area (Å²) in [5.41, 5.74) is 0. The van der Waals surface area contributed by atoms with Gasteiger partial charge in [0.15, 0.2) is 9.84 Å². The molecule has 0 aliphatic heterocycles. The maximum atomic E-state index is 10.9. The van der Waals surface area contributed by atoms with Gasteiger partial charge in [0.25, 0.3) is 0 Å². The van der Waals surface area contributed by atoms with Crippen molar-refractivity contribution in [3.63, 3.8) is 0 Å². The molecule has 2 nitrogen and oxygen atoms in total. The summed E-state index contributed by atoms with van der Waals surface area (Å²) in [6.45, 7) is 1.89. The second-order valence-corrected chi connectivity index (χ2v) is 5.30. The lowest BCUT2D eigenvalue weighted by molar-refractivity contribution is 0.602. The molecule has 0 aliphatic carbocycles. The lowest BCUT2D eigenvalue weighted by Crippen LogP contribution is -1.93. The summed E-state index contributed by atoms with van der Waals surface area (Å²) in [6, 6.07) is 1.68. The van der Waals surface area contributed by atoms with Crippen molar-refractivity contribution in [2.45, 2.75) is 11.8 Å². The van der Waals surface area contributed by atoms with Gasteiger partial charge in [0, 0.05) is 16.5 Å². The van der Waals surface area contributed by atoms with Crippen molar-refractivity contribution in [1.29, 1.82) is 0 Å². The van der Waals surface area contributed by atoms with E-state index in [0.717, 1.165) is 4.88 Å². The van der Waals surface area contributed by atoms with Gasteiger partial charge in [0.1, 0.15) is 0 Å². The van der Waals surface area contributed by atoms with Crippen LogP contribution in [0.15, 0.2) is 16.3 Å². The highest BCUT2D eigenvalue weighted by Gasteiger charge is 2.07. The Morgan fingerprint density at radius 3 is 2.30 bits per heavy atom. The van der Waals surface area contributed by atoms with E-state index in [2.05, 4.69) is 0 Å². The molecule has 10 heavy (non-hydrogen) atoms. The molecule has 1 rings (SSSR count). The predicted molar refractivity (Wildman–Crippen MR) is 42.2 cm³/mol. The van der Waals surface area contributed by atoms with E-state index in [1.54, 1.807) is 11.4 Å². The van der Waals surface area contributed by atoms with Gasteiger partial charge >= 0.3 is 0 Å². The quantitative estimate of drug-likeness (QED) is 0.649. The molecule has 0 atom stereocenters. The highest BCUT2D eigenvalue weighted by Crippen LogP contribution is 2.17. The summed E-state index contributed by atoms with van der Waals surface area (Å²) in [6.07, 6.45) is 1.22. The molecule has 0 saturated carbocycles. The fourth-order valence-corrected chi connectivity index (χ4v) is 2.49. The molecule has 1 aromatic heterocycles. The topological polar surface area (TPSA) is 34.1 Å². The van der Waals surface area contributed by atoms with Crippen molar-refractivity contribution in [2.75, 3.05) is 6.26 Å². The summed E-state index contributed by atoms with van der Waals surface area (Å²) in [5, 5.41) is 1.66. The minimum absolute atomic E-state index is 0.426. The van der Waals surface area contributed by atoms with Crippen molar-refractivity contribution in [3.8, 4) is 0 Å². The summed E-state index contributed by atoms with van der Waals surface area (Å²) in [5.74, 6) is 0. The lowest BCUT2D eigenvalue weighted by Gasteiger charge is -1.87. The Morgan fingerprint density at radius 1 is 1.50 bits per heavy atom. The van der Waals surface area contributed by atoms with E-state index >= 15 is 0 Å². The summed E-state index contributed by atoms with van der Waals surface area (Å²) < 4.78 is 21.7. The fourth-order valence-electron chi connectivity index (χ4n) is 0.614. The smallest absolute Gasteiger partial charge is 0.176 e. The number of thiophene rings is 1. The second kappa shape index (κ2) is 2.36. The number of rotatable bonds is 1. The zero-order chi connectivity index (χ0) is 7.78. The van der Waals surface area contributed by atoms with E-state index in [0.29, 0.717) is 4.90 Å². The van der Waals surface area contributed by atoms with E-state index in [9.17, 15) is 8.42 Å². The largest absolute Gasteiger partial charge is 0.224 e. The molecule has 0 fully saturated rings. The first-order valence-corrected chi connectivity index (χ1v) is 5.52. The monoisotopic (exact) mass is 176 g/mol. The maximum absolute atomic E-state index is 10.9. The maximum Gasteiger partial charge on any atom is 0.176 e. The van der Waals surface area contributed by atoms with Crippen LogP contribution in [0, 0.1) is 6.92 Å². The predicted octanol–water partition coefficient (Wildman–Crippen LogP) is 1.46. The number of hydrogen-bond donors (Lipinski definition) is 0. The van der Waals surface area contributed by atoms with Crippen LogP contribution in [0.2, 0.25) is 0 Å². The molecular formula is C6H8O2S2. The van der Waals surface area contributed by atoms with Gasteiger partial charge in [0.05, 0.1) is 4.90 Å². The van der Waals surface area contributed by atoms with Gasteiger partial charge in [-0.25, -0.2) is 8.42 Å². The van der Waals surface area contributed by atoms with Crippen LogP contribution in [-0.2, 0) is 9.84 Å². The van der Waals surface area contributed by atoms with Crippen LogP contribution in [0.1, 0.15) is 4.88 Å². The highest BCUT2D eigenvalue weighted by atomic mass is 32.2. The molecule has 0 radical (unpaired) electrons. The fraction of sp³-hybridized carbons (Fsp3) is 0.333. The van der Waals surface area contributed by atoms with Crippen molar-refractivity contribution >= 4 is 21.2 Å². The Kier molecular flexibility index (Phi) is 1.83. The summed E-state index contributed by atoms with van der Waals surface area (Å²) in [4.78, 5) is 1.45. The van der Waals surface area contributed by atoms with E-state index in [-0.39, 0.29) is 0 Å². The average Bonchev–Trinajstić information content (AvgIpc) is 2.11. The minimum atomic E-state index is -2.97. The molecule has 56 valence electrons. The molecule has 0 saturated heterocycles. The van der Waals surface area contributed by atoms with Crippen LogP contribution in [-0.4, -0.2) is 14.7 Å². The molecule has 0 spiro atoms. The number of aryl methyl sites for hydroxylation is 1. The van der Waals surface area contributed by atoms with E-state index in [1.807, 2.05) is 6.92 Å². The molecular weight excluding hydrogens is 168 g/mol. The molecule has 1 heterocycles. The van der Waals surface area contributed by atoms with Crippen LogP contribution in [0.25, 0.3) is 0 Å². The highest BCUT2D eigenvalue weighted by molar-refractivity contribution is 7.90. The van der Waals surface area contributed by atoms with E-state index in [4.69, 9.17) is 0 Å². The van der Waals surface area contributed by atoms with Crippen LogP contribution in [0.5, 0.6) is 0 Å². The van der Waals surface area contributed by atoms with Gasteiger partial charge in [-0.2, -0.15) is 0 Å². The van der Waals surface area contributed by atoms with Gasteiger partial charge in [-0.3, -0.25) is 0 Å².